The van der Waals surface area contributed by atoms with Gasteiger partial charge in [0.25, 0.3) is 0 Å². The average molecular weight is 463 g/mol. The molecule has 0 unspecified atom stereocenters. The Kier molecular flexibility index (Phi) is 5.90. The molecule has 0 radical (unpaired) electrons. The number of hydrogen-bond acceptors (Lipinski definition) is 4. The van der Waals surface area contributed by atoms with Crippen LogP contribution < -0.4 is 5.32 Å². The lowest BCUT2D eigenvalue weighted by Gasteiger charge is -2.04. The fourth-order valence-corrected chi connectivity index (χ4v) is 4.05. The highest BCUT2D eigenvalue weighted by Gasteiger charge is 2.14. The lowest BCUT2D eigenvalue weighted by Crippen LogP contribution is -2.15. The van der Waals surface area contributed by atoms with E-state index in [0.29, 0.717) is 29.7 Å². The van der Waals surface area contributed by atoms with Crippen molar-refractivity contribution in [2.45, 2.75) is 19.6 Å². The summed E-state index contributed by atoms with van der Waals surface area (Å²) in [7, 11) is 0. The summed E-state index contributed by atoms with van der Waals surface area (Å²) in [6, 6.07) is 23.5. The number of nitrogens with one attached hydrogen (secondary N) is 2. The summed E-state index contributed by atoms with van der Waals surface area (Å²) in [5, 5.41) is 14.1. The highest BCUT2D eigenvalue weighted by atomic mass is 35.5. The third-order valence-electron chi connectivity index (χ3n) is 5.12. The number of rotatable bonds is 7. The summed E-state index contributed by atoms with van der Waals surface area (Å²) in [4.78, 5) is 9.63. The topological polar surface area (TPSA) is 71.4 Å². The van der Waals surface area contributed by atoms with Crippen molar-refractivity contribution in [2.75, 3.05) is 0 Å². The van der Waals surface area contributed by atoms with Crippen LogP contribution in [-0.4, -0.2) is 25.0 Å². The van der Waals surface area contributed by atoms with Crippen molar-refractivity contribution in [2.24, 2.45) is 0 Å². The minimum atomic E-state index is 0.458. The van der Waals surface area contributed by atoms with Gasteiger partial charge in [0.05, 0.1) is 24.1 Å². The van der Waals surface area contributed by atoms with E-state index in [9.17, 15) is 0 Å². The molecule has 5 rings (SSSR count). The van der Waals surface area contributed by atoms with E-state index in [2.05, 4.69) is 15.3 Å². The van der Waals surface area contributed by atoms with Gasteiger partial charge in [-0.25, -0.2) is 4.98 Å². The van der Waals surface area contributed by atoms with Crippen LogP contribution in [0, 0.1) is 0 Å². The summed E-state index contributed by atoms with van der Waals surface area (Å²) in [6.45, 7) is 1.60. The van der Waals surface area contributed by atoms with Crippen LogP contribution in [0.4, 0.5) is 0 Å². The van der Waals surface area contributed by atoms with Crippen LogP contribution in [0.15, 0.2) is 72.8 Å². The zero-order chi connectivity index (χ0) is 21.9. The number of aromatic nitrogens is 5. The molecule has 0 aliphatic carbocycles. The van der Waals surface area contributed by atoms with Gasteiger partial charge in [-0.15, -0.1) is 0 Å². The molecule has 2 N–H and O–H groups in total. The Morgan fingerprint density at radius 1 is 0.875 bits per heavy atom. The number of hydrogen-bond donors (Lipinski definition) is 2. The van der Waals surface area contributed by atoms with Gasteiger partial charge >= 0.3 is 0 Å². The lowest BCUT2D eigenvalue weighted by atomic mass is 10.1. The molecule has 0 amide bonds. The molecule has 32 heavy (non-hydrogen) atoms. The van der Waals surface area contributed by atoms with Crippen molar-refractivity contribution in [3.05, 3.63) is 99.9 Å². The maximum absolute atomic E-state index is 6.35. The average Bonchev–Trinajstić information content (AvgIpc) is 3.40. The third-order valence-corrected chi connectivity index (χ3v) is 5.71. The van der Waals surface area contributed by atoms with Crippen LogP contribution in [0.5, 0.6) is 0 Å². The van der Waals surface area contributed by atoms with Crippen LogP contribution in [0.3, 0.4) is 0 Å². The molecule has 8 heteroatoms. The summed E-state index contributed by atoms with van der Waals surface area (Å²) in [6.07, 6.45) is 0. The highest BCUT2D eigenvalue weighted by Crippen LogP contribution is 2.24. The second-order valence-electron chi connectivity index (χ2n) is 7.43. The number of nitrogens with zero attached hydrogens (tertiary/aromatic N) is 4. The van der Waals surface area contributed by atoms with Crippen LogP contribution >= 0.6 is 23.2 Å². The molecule has 0 spiro atoms. The van der Waals surface area contributed by atoms with Crippen molar-refractivity contribution in [3.63, 3.8) is 0 Å². The van der Waals surface area contributed by atoms with E-state index in [4.69, 9.17) is 33.4 Å². The first-order valence-corrected chi connectivity index (χ1v) is 11.0. The van der Waals surface area contributed by atoms with Crippen molar-refractivity contribution < 1.29 is 0 Å². The first-order chi connectivity index (χ1) is 15.7. The molecule has 2 heterocycles. The lowest BCUT2D eigenvalue weighted by molar-refractivity contribution is 0.575. The molecule has 0 aliphatic heterocycles. The Labute approximate surface area is 195 Å². The zero-order valence-electron chi connectivity index (χ0n) is 17.1. The van der Waals surface area contributed by atoms with Gasteiger partial charge in [0.1, 0.15) is 17.2 Å². The van der Waals surface area contributed by atoms with Crippen LogP contribution in [-0.2, 0) is 19.6 Å². The van der Waals surface area contributed by atoms with Gasteiger partial charge in [-0.2, -0.15) is 15.0 Å². The Morgan fingerprint density at radius 3 is 2.50 bits per heavy atom. The smallest absolute Gasteiger partial charge is 0.121 e. The predicted molar refractivity (Wildman–Crippen MR) is 128 cm³/mol. The minimum absolute atomic E-state index is 0.458. The molecule has 0 saturated carbocycles. The second kappa shape index (κ2) is 9.12. The monoisotopic (exact) mass is 462 g/mol. The van der Waals surface area contributed by atoms with Crippen molar-refractivity contribution in [1.82, 2.24) is 30.3 Å². The molecular formula is C24H20Cl2N6. The number of H-pyrrole nitrogens is 1. The fourth-order valence-electron chi connectivity index (χ4n) is 3.58. The van der Waals surface area contributed by atoms with Crippen LogP contribution in [0.1, 0.15) is 17.1 Å². The first-order valence-electron chi connectivity index (χ1n) is 10.2. The van der Waals surface area contributed by atoms with E-state index in [-0.39, 0.29) is 0 Å². The molecule has 0 bridgehead atoms. The number of aromatic amines is 1. The molecular weight excluding hydrogens is 443 g/mol. The SMILES string of the molecule is Clc1ccc(Cn2nc(CNCc3nc4ccccc4[nH]3)c(-c3ccccc3)n2)c(Cl)c1. The molecule has 3 aromatic carbocycles. The number of fused-ring (bicyclic) bond motifs is 1. The van der Waals surface area contributed by atoms with Crippen molar-refractivity contribution in [3.8, 4) is 11.3 Å². The summed E-state index contributed by atoms with van der Waals surface area (Å²) in [5.41, 5.74) is 5.61. The fraction of sp³-hybridized carbons (Fsp3) is 0.125. The van der Waals surface area contributed by atoms with Gasteiger partial charge in [-0.05, 0) is 29.8 Å². The highest BCUT2D eigenvalue weighted by molar-refractivity contribution is 6.35. The maximum atomic E-state index is 6.35. The number of benzene rings is 3. The van der Waals surface area contributed by atoms with Crippen molar-refractivity contribution in [1.29, 1.82) is 0 Å². The maximum Gasteiger partial charge on any atom is 0.121 e. The number of para-hydroxylation sites is 2. The summed E-state index contributed by atoms with van der Waals surface area (Å²) >= 11 is 12.4. The van der Waals surface area contributed by atoms with Gasteiger partial charge < -0.3 is 10.3 Å². The second-order valence-corrected chi connectivity index (χ2v) is 8.28. The number of imidazole rings is 1. The summed E-state index contributed by atoms with van der Waals surface area (Å²) < 4.78 is 0. The quantitative estimate of drug-likeness (QED) is 0.336. The molecule has 0 aliphatic rings. The minimum Gasteiger partial charge on any atom is -0.341 e. The third kappa shape index (κ3) is 4.53. The molecule has 6 nitrogen and oxygen atoms in total. The van der Waals surface area contributed by atoms with E-state index >= 15 is 0 Å². The number of halogens is 2. The molecule has 0 fully saturated rings. The van der Waals surface area contributed by atoms with E-state index in [1.54, 1.807) is 10.9 Å². The van der Waals surface area contributed by atoms with Gasteiger partial charge in [-0.3, -0.25) is 0 Å². The zero-order valence-corrected chi connectivity index (χ0v) is 18.6. The van der Waals surface area contributed by atoms with E-state index < -0.39 is 0 Å². The molecule has 5 aromatic rings. The summed E-state index contributed by atoms with van der Waals surface area (Å²) in [5.74, 6) is 0.882. The van der Waals surface area contributed by atoms with Gasteiger partial charge in [-0.1, -0.05) is 71.7 Å². The normalized spacial score (nSPS) is 11.3. The standard InChI is InChI=1S/C24H20Cl2N6/c25-18-11-10-17(19(26)12-18)15-32-30-22(24(31-32)16-6-2-1-3-7-16)13-27-14-23-28-20-8-4-5-9-21(20)29-23/h1-12,27H,13-15H2,(H,28,29). The first kappa shape index (κ1) is 20.7. The molecule has 160 valence electrons. The van der Waals surface area contributed by atoms with E-state index in [1.807, 2.05) is 66.7 Å². The molecule has 0 saturated heterocycles. The van der Waals surface area contributed by atoms with E-state index in [0.717, 1.165) is 39.4 Å². The Balaban J connectivity index is 1.37. The Bertz CT molecular complexity index is 1330. The van der Waals surface area contributed by atoms with E-state index in [1.165, 1.54) is 0 Å². The van der Waals surface area contributed by atoms with Gasteiger partial charge in [0.2, 0.25) is 0 Å². The molecule has 2 aromatic heterocycles. The van der Waals surface area contributed by atoms with Gasteiger partial charge in [0, 0.05) is 22.2 Å². The van der Waals surface area contributed by atoms with Gasteiger partial charge in [0.15, 0.2) is 0 Å². The van der Waals surface area contributed by atoms with Crippen LogP contribution in [0.2, 0.25) is 10.0 Å². The van der Waals surface area contributed by atoms with Crippen LogP contribution in [0.25, 0.3) is 22.3 Å². The largest absolute Gasteiger partial charge is 0.341 e. The Hall–Kier alpha value is -3.19. The molecule has 0 atom stereocenters. The van der Waals surface area contributed by atoms with Crippen molar-refractivity contribution >= 4 is 34.2 Å². The predicted octanol–water partition coefficient (Wildman–Crippen LogP) is 5.47. The Morgan fingerprint density at radius 2 is 1.69 bits per heavy atom.